The number of carbonyl (C=O) groups excluding carboxylic acids is 2. The third kappa shape index (κ3) is 16.9. The largest absolute Gasteiger partial charge is 0.507 e. The van der Waals surface area contributed by atoms with Crippen LogP contribution in [0.15, 0.2) is 46.3 Å². The molecule has 26 nitrogen and oxygen atoms in total. The standard InChI is InChI=1S/C34H58N2O24/c1-13-23(46)25(48)27(50)34(57-13)60-29(20(6-10-39)58-31(53)19(45)12-16(42)4-8-37)22(36-15(3)41)32(54)56-11-7-18(44)28(21(30(51)52)35-14(2)40)59-33(55)26(49)24(47)17(43)5-9-38/h12-13,16-18,20,23,25,27,30-34,37-39,42-55H,4-11H2,1-3H3,(H,35,40)(H,36,41)/b19-12+,26-24-,28-21-,29-22-. The summed E-state index contributed by atoms with van der Waals surface area (Å²) in [6.07, 6.45) is -28.0. The quantitative estimate of drug-likeness (QED) is 0.0284. The Bertz CT molecular complexity index is 1470. The van der Waals surface area contributed by atoms with Gasteiger partial charge in [-0.05, 0) is 13.0 Å². The van der Waals surface area contributed by atoms with Crippen LogP contribution in [0.3, 0.4) is 0 Å². The van der Waals surface area contributed by atoms with Crippen molar-refractivity contribution >= 4 is 11.8 Å². The first-order valence-electron chi connectivity index (χ1n) is 18.2. The molecule has 0 aromatic carbocycles. The summed E-state index contributed by atoms with van der Waals surface area (Å²) >= 11 is 0. The van der Waals surface area contributed by atoms with Crippen molar-refractivity contribution in [1.29, 1.82) is 0 Å². The van der Waals surface area contributed by atoms with Crippen LogP contribution in [-0.2, 0) is 33.3 Å². The second-order valence-corrected chi connectivity index (χ2v) is 13.0. The summed E-state index contributed by atoms with van der Waals surface area (Å²) in [5.74, 6) is -7.68. The summed E-state index contributed by atoms with van der Waals surface area (Å²) in [5.41, 5.74) is -1.86. The third-order valence-corrected chi connectivity index (χ3v) is 8.15. The Hall–Kier alpha value is -3.78. The zero-order valence-electron chi connectivity index (χ0n) is 32.7. The molecule has 12 unspecified atom stereocenters. The molecule has 0 bridgehead atoms. The van der Waals surface area contributed by atoms with Gasteiger partial charge in [0.05, 0.1) is 18.8 Å². The van der Waals surface area contributed by atoms with Crippen molar-refractivity contribution in [3.8, 4) is 0 Å². The fraction of sp³-hybridized carbons (Fsp3) is 0.706. The van der Waals surface area contributed by atoms with Gasteiger partial charge in [-0.2, -0.15) is 0 Å². The fourth-order valence-corrected chi connectivity index (χ4v) is 5.08. The highest BCUT2D eigenvalue weighted by atomic mass is 16.7. The number of nitrogens with one attached hydrogen (secondary N) is 2. The first-order chi connectivity index (χ1) is 28.0. The smallest absolute Gasteiger partial charge is 0.259 e. The first-order valence-corrected chi connectivity index (χ1v) is 18.2. The SMILES string of the molecule is CC(=O)N/C(=C(\OC(O)/C(O)=C(/O)C(O)CCO)C(O)CCOC(O)/C(NC(C)=O)=C(/OC1OC(C)C(O)C(O)C1O)C(CCO)OC(O)/C(O)=C\C(O)CCO)C(O)O. The molecule has 1 aliphatic heterocycles. The fourth-order valence-electron chi connectivity index (χ4n) is 5.08. The average molecular weight is 879 g/mol. The van der Waals surface area contributed by atoms with Crippen LogP contribution in [0.25, 0.3) is 0 Å². The summed E-state index contributed by atoms with van der Waals surface area (Å²) < 4.78 is 27.0. The summed E-state index contributed by atoms with van der Waals surface area (Å²) in [6, 6.07) is 0. The second-order valence-electron chi connectivity index (χ2n) is 13.0. The Labute approximate surface area is 342 Å². The van der Waals surface area contributed by atoms with Crippen LogP contribution in [-0.4, -0.2) is 205 Å². The molecule has 0 saturated carbocycles. The second kappa shape index (κ2) is 26.5. The van der Waals surface area contributed by atoms with Crippen LogP contribution in [0.5, 0.6) is 0 Å². The molecule has 60 heavy (non-hydrogen) atoms. The van der Waals surface area contributed by atoms with E-state index in [2.05, 4.69) is 5.32 Å². The molecule has 0 spiro atoms. The van der Waals surface area contributed by atoms with E-state index in [-0.39, 0.29) is 6.42 Å². The van der Waals surface area contributed by atoms with E-state index in [1.165, 1.54) is 6.92 Å². The molecule has 12 atom stereocenters. The average Bonchev–Trinajstić information content (AvgIpc) is 3.17. The molecule has 1 aliphatic rings. The molecule has 0 radical (unpaired) electrons. The molecular formula is C34H58N2O24. The van der Waals surface area contributed by atoms with Crippen molar-refractivity contribution in [3.63, 3.8) is 0 Å². The highest BCUT2D eigenvalue weighted by molar-refractivity contribution is 5.75. The van der Waals surface area contributed by atoms with E-state index in [4.69, 9.17) is 33.9 Å². The normalized spacial score (nSPS) is 24.8. The van der Waals surface area contributed by atoms with E-state index in [9.17, 15) is 86.2 Å². The number of rotatable bonds is 26. The van der Waals surface area contributed by atoms with Gasteiger partial charge in [0.25, 0.3) is 6.29 Å². The number of aliphatic hydroxyl groups excluding tert-OH is 16. The Morgan fingerprint density at radius 2 is 1.25 bits per heavy atom. The maximum atomic E-state index is 12.4. The lowest BCUT2D eigenvalue weighted by Crippen LogP contribution is -2.57. The van der Waals surface area contributed by atoms with Crippen molar-refractivity contribution in [1.82, 2.24) is 10.6 Å². The Morgan fingerprint density at radius 1 is 0.683 bits per heavy atom. The molecule has 1 saturated heterocycles. The predicted molar refractivity (Wildman–Crippen MR) is 194 cm³/mol. The van der Waals surface area contributed by atoms with E-state index in [1.807, 2.05) is 5.32 Å². The van der Waals surface area contributed by atoms with Gasteiger partial charge in [0.2, 0.25) is 30.2 Å². The minimum Gasteiger partial charge on any atom is -0.507 e. The molecule has 1 fully saturated rings. The van der Waals surface area contributed by atoms with Gasteiger partial charge in [0.1, 0.15) is 53.8 Å². The molecule has 0 aromatic rings. The summed E-state index contributed by atoms with van der Waals surface area (Å²) in [5, 5.41) is 177. The number of hydrogen-bond donors (Lipinski definition) is 19. The number of hydrogen-bond acceptors (Lipinski definition) is 24. The lowest BCUT2D eigenvalue weighted by molar-refractivity contribution is -0.288. The highest BCUT2D eigenvalue weighted by Gasteiger charge is 2.45. The van der Waals surface area contributed by atoms with Gasteiger partial charge in [-0.15, -0.1) is 0 Å². The molecule has 1 rings (SSSR count). The maximum absolute atomic E-state index is 12.4. The van der Waals surface area contributed by atoms with Gasteiger partial charge in [-0.1, -0.05) is 0 Å². The van der Waals surface area contributed by atoms with Gasteiger partial charge in [0, 0.05) is 59.4 Å². The first kappa shape index (κ1) is 54.2. The number of ether oxygens (including phenoxy) is 5. The van der Waals surface area contributed by atoms with Crippen LogP contribution < -0.4 is 10.6 Å². The topological polar surface area (TPSA) is 448 Å². The van der Waals surface area contributed by atoms with E-state index >= 15 is 0 Å². The molecule has 19 N–H and O–H groups in total. The van der Waals surface area contributed by atoms with Crippen LogP contribution in [0.1, 0.15) is 46.5 Å². The summed E-state index contributed by atoms with van der Waals surface area (Å²) in [6.45, 7) is 0.178. The minimum atomic E-state index is -2.68. The zero-order valence-corrected chi connectivity index (χ0v) is 32.7. The Balaban J connectivity index is 3.76. The number of carbonyl (C=O) groups is 2. The van der Waals surface area contributed by atoms with Crippen molar-refractivity contribution in [2.45, 2.75) is 127 Å². The molecule has 0 aromatic heterocycles. The van der Waals surface area contributed by atoms with Crippen LogP contribution in [0, 0.1) is 0 Å². The van der Waals surface area contributed by atoms with E-state index in [0.29, 0.717) is 6.08 Å². The van der Waals surface area contributed by atoms with Gasteiger partial charge >= 0.3 is 0 Å². The van der Waals surface area contributed by atoms with Crippen molar-refractivity contribution < 1.29 is 120 Å². The molecule has 348 valence electrons. The van der Waals surface area contributed by atoms with Crippen LogP contribution in [0.4, 0.5) is 0 Å². The lowest BCUT2D eigenvalue weighted by atomic mass is 10.00. The van der Waals surface area contributed by atoms with Crippen molar-refractivity contribution in [2.75, 3.05) is 26.4 Å². The minimum absolute atomic E-state index is 0.281. The molecule has 0 aliphatic carbocycles. The maximum Gasteiger partial charge on any atom is 0.259 e. The van der Waals surface area contributed by atoms with Gasteiger partial charge < -0.3 is 121 Å². The van der Waals surface area contributed by atoms with Crippen molar-refractivity contribution in [2.24, 2.45) is 0 Å². The number of amides is 2. The third-order valence-electron chi connectivity index (χ3n) is 8.15. The highest BCUT2D eigenvalue weighted by Crippen LogP contribution is 2.29. The molecular weight excluding hydrogens is 820 g/mol. The monoisotopic (exact) mass is 878 g/mol. The van der Waals surface area contributed by atoms with Gasteiger partial charge in [-0.3, -0.25) is 9.59 Å². The molecule has 2 amide bonds. The van der Waals surface area contributed by atoms with E-state index < -0.39 is 178 Å². The Kier molecular flexibility index (Phi) is 24.0. The number of aliphatic hydroxyl groups is 17. The van der Waals surface area contributed by atoms with Crippen LogP contribution in [0.2, 0.25) is 0 Å². The van der Waals surface area contributed by atoms with E-state index in [1.54, 1.807) is 0 Å². The zero-order chi connectivity index (χ0) is 46.0. The summed E-state index contributed by atoms with van der Waals surface area (Å²) in [4.78, 5) is 24.3. The lowest BCUT2D eigenvalue weighted by Gasteiger charge is -2.40. The predicted octanol–water partition coefficient (Wildman–Crippen LogP) is -6.40. The molecule has 26 heteroatoms. The van der Waals surface area contributed by atoms with E-state index in [0.717, 1.165) is 13.8 Å². The van der Waals surface area contributed by atoms with Crippen LogP contribution >= 0.6 is 0 Å². The molecule has 1 heterocycles. The van der Waals surface area contributed by atoms with Gasteiger partial charge in [-0.25, -0.2) is 0 Å². The Morgan fingerprint density at radius 3 is 1.78 bits per heavy atom. The summed E-state index contributed by atoms with van der Waals surface area (Å²) in [7, 11) is 0. The van der Waals surface area contributed by atoms with Crippen molar-refractivity contribution in [3.05, 3.63) is 46.3 Å². The van der Waals surface area contributed by atoms with Gasteiger partial charge in [0.15, 0.2) is 29.9 Å².